The number of piperazine rings is 1. The molecule has 0 saturated carbocycles. The van der Waals surface area contributed by atoms with Crippen LogP contribution in [-0.4, -0.2) is 72.3 Å². The molecule has 1 fully saturated rings. The van der Waals surface area contributed by atoms with Crippen LogP contribution in [0.1, 0.15) is 39.8 Å². The smallest absolute Gasteiger partial charge is 0.270 e. The molecule has 8 nitrogen and oxygen atoms in total. The number of aromatic nitrogens is 1. The highest BCUT2D eigenvalue weighted by atomic mass is 16.5. The van der Waals surface area contributed by atoms with Crippen LogP contribution in [-0.2, 0) is 11.2 Å². The van der Waals surface area contributed by atoms with Crippen LogP contribution in [0.3, 0.4) is 0 Å². The molecule has 0 unspecified atom stereocenters. The molecule has 3 amide bonds. The monoisotopic (exact) mass is 474 g/mol. The van der Waals surface area contributed by atoms with E-state index in [-0.39, 0.29) is 24.1 Å². The Morgan fingerprint density at radius 3 is 2.40 bits per heavy atom. The summed E-state index contributed by atoms with van der Waals surface area (Å²) in [6, 6.07) is 16.7. The predicted molar refractivity (Wildman–Crippen MR) is 134 cm³/mol. The summed E-state index contributed by atoms with van der Waals surface area (Å²) >= 11 is 0. The van der Waals surface area contributed by atoms with Gasteiger partial charge in [-0.2, -0.15) is 0 Å². The summed E-state index contributed by atoms with van der Waals surface area (Å²) in [5, 5.41) is 3.48. The number of nitrogens with zero attached hydrogens (tertiary/aromatic N) is 3. The van der Waals surface area contributed by atoms with Crippen molar-refractivity contribution in [3.05, 3.63) is 71.4 Å². The number of hydrogen-bond acceptors (Lipinski definition) is 5. The van der Waals surface area contributed by atoms with Gasteiger partial charge in [0.05, 0.1) is 19.2 Å². The first-order chi connectivity index (χ1) is 17.0. The number of amides is 3. The van der Waals surface area contributed by atoms with Gasteiger partial charge < -0.3 is 19.9 Å². The van der Waals surface area contributed by atoms with Crippen molar-refractivity contribution in [1.82, 2.24) is 20.1 Å². The van der Waals surface area contributed by atoms with E-state index in [2.05, 4.69) is 17.2 Å². The van der Waals surface area contributed by atoms with Crippen LogP contribution in [0, 0.1) is 0 Å². The SMILES string of the molecule is CCCc1ccccc1C(=O)N1CCN(C(=O)CNC(=O)c2cc(OC)c3ccccc3n2)CC1. The van der Waals surface area contributed by atoms with E-state index in [9.17, 15) is 14.4 Å². The summed E-state index contributed by atoms with van der Waals surface area (Å²) in [6.45, 7) is 3.74. The van der Waals surface area contributed by atoms with E-state index >= 15 is 0 Å². The Bertz CT molecular complexity index is 1230. The Kier molecular flexibility index (Phi) is 7.60. The normalized spacial score (nSPS) is 13.5. The molecule has 35 heavy (non-hydrogen) atoms. The molecule has 3 aromatic rings. The van der Waals surface area contributed by atoms with E-state index in [0.29, 0.717) is 37.4 Å². The fourth-order valence-corrected chi connectivity index (χ4v) is 4.33. The Morgan fingerprint density at radius 2 is 1.66 bits per heavy atom. The van der Waals surface area contributed by atoms with Crippen LogP contribution in [0.2, 0.25) is 0 Å². The molecule has 1 N–H and O–H groups in total. The largest absolute Gasteiger partial charge is 0.496 e. The number of benzene rings is 2. The Balaban J connectivity index is 1.32. The predicted octanol–water partition coefficient (Wildman–Crippen LogP) is 2.91. The molecule has 182 valence electrons. The molecule has 0 aliphatic carbocycles. The van der Waals surface area contributed by atoms with Crippen LogP contribution in [0.4, 0.5) is 0 Å². The van der Waals surface area contributed by atoms with Crippen molar-refractivity contribution in [2.45, 2.75) is 19.8 Å². The van der Waals surface area contributed by atoms with Crippen LogP contribution in [0.25, 0.3) is 10.9 Å². The van der Waals surface area contributed by atoms with Crippen LogP contribution in [0.15, 0.2) is 54.6 Å². The summed E-state index contributed by atoms with van der Waals surface area (Å²) < 4.78 is 5.39. The maximum Gasteiger partial charge on any atom is 0.270 e. The molecule has 1 saturated heterocycles. The highest BCUT2D eigenvalue weighted by Crippen LogP contribution is 2.25. The molecule has 2 heterocycles. The lowest BCUT2D eigenvalue weighted by molar-refractivity contribution is -0.131. The first-order valence-electron chi connectivity index (χ1n) is 11.9. The molecule has 2 aromatic carbocycles. The third-order valence-electron chi connectivity index (χ3n) is 6.22. The van der Waals surface area contributed by atoms with Crippen molar-refractivity contribution < 1.29 is 19.1 Å². The standard InChI is InChI=1S/C27H30N4O4/c1-3-8-19-9-4-5-10-20(19)27(34)31-15-13-30(14-16-31)25(32)18-28-26(33)23-17-24(35-2)21-11-6-7-12-22(21)29-23/h4-7,9-12,17H,3,8,13-16,18H2,1-2H3,(H,28,33). The third kappa shape index (κ3) is 5.42. The number of rotatable bonds is 7. The number of pyridine rings is 1. The maximum atomic E-state index is 13.0. The van der Waals surface area contributed by atoms with Gasteiger partial charge in [-0.05, 0) is 30.2 Å². The van der Waals surface area contributed by atoms with Crippen LogP contribution >= 0.6 is 0 Å². The van der Waals surface area contributed by atoms with Gasteiger partial charge in [-0.1, -0.05) is 43.7 Å². The lowest BCUT2D eigenvalue weighted by atomic mass is 10.0. The minimum absolute atomic E-state index is 0.00535. The van der Waals surface area contributed by atoms with Gasteiger partial charge in [0.2, 0.25) is 5.91 Å². The van der Waals surface area contributed by atoms with Gasteiger partial charge in [0.1, 0.15) is 11.4 Å². The van der Waals surface area contributed by atoms with E-state index < -0.39 is 5.91 Å². The fraction of sp³-hybridized carbons (Fsp3) is 0.333. The molecule has 0 radical (unpaired) electrons. The number of methoxy groups -OCH3 is 1. The summed E-state index contributed by atoms with van der Waals surface area (Å²) in [4.78, 5) is 46.3. The second kappa shape index (κ2) is 11.0. The molecule has 8 heteroatoms. The number of hydrogen-bond donors (Lipinski definition) is 1. The quantitative estimate of drug-likeness (QED) is 0.569. The Labute approximate surface area is 204 Å². The first-order valence-corrected chi connectivity index (χ1v) is 11.9. The Hall–Kier alpha value is -3.94. The number of fused-ring (bicyclic) bond motifs is 1. The summed E-state index contributed by atoms with van der Waals surface area (Å²) in [6.07, 6.45) is 1.83. The van der Waals surface area contributed by atoms with E-state index in [1.54, 1.807) is 29.0 Å². The lowest BCUT2D eigenvalue weighted by Gasteiger charge is -2.35. The summed E-state index contributed by atoms with van der Waals surface area (Å²) in [7, 11) is 1.54. The topological polar surface area (TPSA) is 91.8 Å². The van der Waals surface area contributed by atoms with Gasteiger partial charge >= 0.3 is 0 Å². The average Bonchev–Trinajstić information content (AvgIpc) is 2.91. The zero-order valence-corrected chi connectivity index (χ0v) is 20.1. The van der Waals surface area contributed by atoms with E-state index in [1.807, 2.05) is 42.5 Å². The lowest BCUT2D eigenvalue weighted by Crippen LogP contribution is -2.52. The van der Waals surface area contributed by atoms with Crippen LogP contribution in [0.5, 0.6) is 5.75 Å². The van der Waals surface area contributed by atoms with E-state index in [0.717, 1.165) is 29.4 Å². The third-order valence-corrected chi connectivity index (χ3v) is 6.22. The van der Waals surface area contributed by atoms with Crippen molar-refractivity contribution in [2.75, 3.05) is 39.8 Å². The Morgan fingerprint density at radius 1 is 0.971 bits per heavy atom. The number of nitrogens with one attached hydrogen (secondary N) is 1. The molecule has 4 rings (SSSR count). The van der Waals surface area contributed by atoms with Gasteiger partial charge in [-0.3, -0.25) is 14.4 Å². The van der Waals surface area contributed by atoms with Gasteiger partial charge in [0.25, 0.3) is 11.8 Å². The molecule has 0 bridgehead atoms. The van der Waals surface area contributed by atoms with Gasteiger partial charge in [0.15, 0.2) is 0 Å². The van der Waals surface area contributed by atoms with Crippen molar-refractivity contribution in [1.29, 1.82) is 0 Å². The summed E-state index contributed by atoms with van der Waals surface area (Å²) in [5.41, 5.74) is 2.62. The van der Waals surface area contributed by atoms with Crippen molar-refractivity contribution in [2.24, 2.45) is 0 Å². The number of carbonyl (C=O) groups excluding carboxylic acids is 3. The van der Waals surface area contributed by atoms with Crippen LogP contribution < -0.4 is 10.1 Å². The molecule has 1 aliphatic rings. The fourth-order valence-electron chi connectivity index (χ4n) is 4.33. The van der Waals surface area contributed by atoms with Crippen molar-refractivity contribution in [3.8, 4) is 5.75 Å². The maximum absolute atomic E-state index is 13.0. The number of para-hydroxylation sites is 1. The zero-order chi connectivity index (χ0) is 24.8. The average molecular weight is 475 g/mol. The molecule has 1 aliphatic heterocycles. The number of aryl methyl sites for hydroxylation is 1. The van der Waals surface area contributed by atoms with Gasteiger partial charge in [0, 0.05) is 43.2 Å². The van der Waals surface area contributed by atoms with E-state index in [4.69, 9.17) is 4.74 Å². The van der Waals surface area contributed by atoms with E-state index in [1.165, 1.54) is 0 Å². The number of ether oxygens (including phenoxy) is 1. The second-order valence-electron chi connectivity index (χ2n) is 8.49. The minimum Gasteiger partial charge on any atom is -0.496 e. The molecular formula is C27H30N4O4. The van der Waals surface area contributed by atoms with Crippen molar-refractivity contribution in [3.63, 3.8) is 0 Å². The zero-order valence-electron chi connectivity index (χ0n) is 20.1. The minimum atomic E-state index is -0.441. The summed E-state index contributed by atoms with van der Waals surface area (Å²) in [5.74, 6) is -0.0764. The number of carbonyl (C=O) groups is 3. The molecule has 0 spiro atoms. The van der Waals surface area contributed by atoms with Gasteiger partial charge in [-0.25, -0.2) is 4.98 Å². The second-order valence-corrected chi connectivity index (χ2v) is 8.49. The highest BCUT2D eigenvalue weighted by molar-refractivity contribution is 5.99. The van der Waals surface area contributed by atoms with Gasteiger partial charge in [-0.15, -0.1) is 0 Å². The van der Waals surface area contributed by atoms with Crippen molar-refractivity contribution >= 4 is 28.6 Å². The molecule has 0 atom stereocenters. The first kappa shape index (κ1) is 24.2. The molecular weight excluding hydrogens is 444 g/mol. The highest BCUT2D eigenvalue weighted by Gasteiger charge is 2.26. The molecule has 1 aromatic heterocycles.